The molecule has 0 radical (unpaired) electrons. The number of benzene rings is 1. The minimum absolute atomic E-state index is 0.0141. The summed E-state index contributed by atoms with van der Waals surface area (Å²) < 4.78 is 5.29. The zero-order valence-corrected chi connectivity index (χ0v) is 14.1. The summed E-state index contributed by atoms with van der Waals surface area (Å²) in [5.41, 5.74) is 1.74. The molecule has 1 fully saturated rings. The van der Waals surface area contributed by atoms with Gasteiger partial charge in [-0.15, -0.1) is 0 Å². The van der Waals surface area contributed by atoms with Crippen molar-refractivity contribution in [3.05, 3.63) is 22.7 Å². The monoisotopic (exact) mass is 324 g/mol. The van der Waals surface area contributed by atoms with Gasteiger partial charge in [0.15, 0.2) is 0 Å². The van der Waals surface area contributed by atoms with Gasteiger partial charge in [-0.25, -0.2) is 0 Å². The zero-order chi connectivity index (χ0) is 15.9. The van der Waals surface area contributed by atoms with Gasteiger partial charge in [0.05, 0.1) is 19.3 Å². The molecule has 1 saturated carbocycles. The van der Waals surface area contributed by atoms with Gasteiger partial charge in [0.2, 0.25) is 5.91 Å². The number of ether oxygens (including phenoxy) is 1. The highest BCUT2D eigenvalue weighted by molar-refractivity contribution is 6.31. The van der Waals surface area contributed by atoms with Crippen molar-refractivity contribution in [2.45, 2.75) is 39.0 Å². The number of hydrogen-bond donors (Lipinski definition) is 2. The Morgan fingerprint density at radius 2 is 2.05 bits per heavy atom. The summed E-state index contributed by atoms with van der Waals surface area (Å²) in [7, 11) is 1.59. The second-order valence-electron chi connectivity index (χ2n) is 5.96. The lowest BCUT2D eigenvalue weighted by molar-refractivity contribution is -0.119. The standard InChI is InChI=1S/C17H25ClN2O2/c1-12-8-15(16(22-2)9-14(12)18)19-11-17(21)20-10-13-6-4-3-5-7-13/h8-9,13,19H,3-7,10-11H2,1-2H3,(H,20,21). The number of carbonyl (C=O) groups excluding carboxylic acids is 1. The summed E-state index contributed by atoms with van der Waals surface area (Å²) >= 11 is 6.08. The summed E-state index contributed by atoms with van der Waals surface area (Å²) in [5.74, 6) is 1.31. The fourth-order valence-electron chi connectivity index (χ4n) is 2.86. The Morgan fingerprint density at radius 1 is 1.32 bits per heavy atom. The molecule has 0 spiro atoms. The molecule has 0 heterocycles. The zero-order valence-electron chi connectivity index (χ0n) is 13.4. The smallest absolute Gasteiger partial charge is 0.239 e. The van der Waals surface area contributed by atoms with Crippen LogP contribution >= 0.6 is 11.6 Å². The lowest BCUT2D eigenvalue weighted by atomic mass is 9.89. The van der Waals surface area contributed by atoms with E-state index in [-0.39, 0.29) is 12.5 Å². The van der Waals surface area contributed by atoms with Crippen LogP contribution in [-0.2, 0) is 4.79 Å². The largest absolute Gasteiger partial charge is 0.495 e. The number of carbonyl (C=O) groups is 1. The normalized spacial score (nSPS) is 15.4. The highest BCUT2D eigenvalue weighted by atomic mass is 35.5. The van der Waals surface area contributed by atoms with E-state index in [9.17, 15) is 4.79 Å². The van der Waals surface area contributed by atoms with Crippen LogP contribution < -0.4 is 15.4 Å². The summed E-state index contributed by atoms with van der Waals surface area (Å²) in [5, 5.41) is 6.80. The van der Waals surface area contributed by atoms with Crippen LogP contribution in [0.4, 0.5) is 5.69 Å². The molecular weight excluding hydrogens is 300 g/mol. The van der Waals surface area contributed by atoms with E-state index < -0.39 is 0 Å². The molecule has 122 valence electrons. The Morgan fingerprint density at radius 3 is 2.73 bits per heavy atom. The van der Waals surface area contributed by atoms with Gasteiger partial charge in [-0.2, -0.15) is 0 Å². The van der Waals surface area contributed by atoms with Crippen LogP contribution in [0.5, 0.6) is 5.75 Å². The van der Waals surface area contributed by atoms with E-state index in [1.165, 1.54) is 32.1 Å². The number of methoxy groups -OCH3 is 1. The number of hydrogen-bond acceptors (Lipinski definition) is 3. The molecule has 1 aromatic carbocycles. The van der Waals surface area contributed by atoms with Crippen LogP contribution in [0.1, 0.15) is 37.7 Å². The Labute approximate surface area is 137 Å². The molecular formula is C17H25ClN2O2. The first kappa shape index (κ1) is 16.9. The molecule has 4 nitrogen and oxygen atoms in total. The molecule has 2 N–H and O–H groups in total. The molecule has 0 aromatic heterocycles. The number of rotatable bonds is 6. The van der Waals surface area contributed by atoms with Gasteiger partial charge in [0.25, 0.3) is 0 Å². The molecule has 0 bridgehead atoms. The summed E-state index contributed by atoms with van der Waals surface area (Å²) in [6.45, 7) is 2.96. The maximum absolute atomic E-state index is 12.0. The number of aryl methyl sites for hydroxylation is 1. The topological polar surface area (TPSA) is 50.4 Å². The predicted molar refractivity (Wildman–Crippen MR) is 90.8 cm³/mol. The second kappa shape index (κ2) is 8.28. The van der Waals surface area contributed by atoms with E-state index in [0.29, 0.717) is 16.7 Å². The third-order valence-corrected chi connectivity index (χ3v) is 4.64. The van der Waals surface area contributed by atoms with Crippen molar-refractivity contribution in [3.8, 4) is 5.75 Å². The first-order valence-corrected chi connectivity index (χ1v) is 8.32. The van der Waals surface area contributed by atoms with E-state index in [2.05, 4.69) is 10.6 Å². The highest BCUT2D eigenvalue weighted by Gasteiger charge is 2.14. The minimum Gasteiger partial charge on any atom is -0.495 e. The molecule has 5 heteroatoms. The molecule has 1 aliphatic rings. The van der Waals surface area contributed by atoms with Gasteiger partial charge < -0.3 is 15.4 Å². The third-order valence-electron chi connectivity index (χ3n) is 4.23. The van der Waals surface area contributed by atoms with Crippen molar-refractivity contribution >= 4 is 23.2 Å². The Balaban J connectivity index is 1.81. The summed E-state index contributed by atoms with van der Waals surface area (Å²) in [6, 6.07) is 3.66. The molecule has 1 aliphatic carbocycles. The van der Waals surface area contributed by atoms with E-state index in [1.807, 2.05) is 13.0 Å². The van der Waals surface area contributed by atoms with Crippen molar-refractivity contribution in [2.24, 2.45) is 5.92 Å². The van der Waals surface area contributed by atoms with Crippen LogP contribution in [0.2, 0.25) is 5.02 Å². The van der Waals surface area contributed by atoms with E-state index in [4.69, 9.17) is 16.3 Å². The van der Waals surface area contributed by atoms with Crippen LogP contribution in [0.3, 0.4) is 0 Å². The van der Waals surface area contributed by atoms with Gasteiger partial charge in [0.1, 0.15) is 5.75 Å². The van der Waals surface area contributed by atoms with Crippen molar-refractivity contribution in [2.75, 3.05) is 25.5 Å². The molecule has 22 heavy (non-hydrogen) atoms. The first-order chi connectivity index (χ1) is 10.6. The molecule has 1 amide bonds. The SMILES string of the molecule is COc1cc(Cl)c(C)cc1NCC(=O)NCC1CCCCC1. The van der Waals surface area contributed by atoms with E-state index in [0.717, 1.165) is 17.8 Å². The Bertz CT molecular complexity index is 514. The molecule has 0 atom stereocenters. The maximum Gasteiger partial charge on any atom is 0.239 e. The Kier molecular flexibility index (Phi) is 6.37. The lowest BCUT2D eigenvalue weighted by Crippen LogP contribution is -2.34. The maximum atomic E-state index is 12.0. The minimum atomic E-state index is 0.0141. The highest BCUT2D eigenvalue weighted by Crippen LogP contribution is 2.30. The number of nitrogens with one attached hydrogen (secondary N) is 2. The Hall–Kier alpha value is -1.42. The van der Waals surface area contributed by atoms with Crippen molar-refractivity contribution < 1.29 is 9.53 Å². The summed E-state index contributed by atoms with van der Waals surface area (Å²) in [6.07, 6.45) is 6.39. The number of amides is 1. The average Bonchev–Trinajstić information content (AvgIpc) is 2.54. The van der Waals surface area contributed by atoms with Crippen molar-refractivity contribution in [1.82, 2.24) is 5.32 Å². The third kappa shape index (κ3) is 4.80. The van der Waals surface area contributed by atoms with Gasteiger partial charge in [-0.05, 0) is 37.3 Å². The predicted octanol–water partition coefficient (Wildman–Crippen LogP) is 3.77. The molecule has 0 aliphatic heterocycles. The van der Waals surface area contributed by atoms with Gasteiger partial charge >= 0.3 is 0 Å². The van der Waals surface area contributed by atoms with Crippen LogP contribution in [0.25, 0.3) is 0 Å². The number of anilines is 1. The molecule has 1 aromatic rings. The van der Waals surface area contributed by atoms with E-state index >= 15 is 0 Å². The van der Waals surface area contributed by atoms with Gasteiger partial charge in [-0.3, -0.25) is 4.79 Å². The quantitative estimate of drug-likeness (QED) is 0.837. The molecule has 2 rings (SSSR count). The van der Waals surface area contributed by atoms with E-state index in [1.54, 1.807) is 13.2 Å². The fraction of sp³-hybridized carbons (Fsp3) is 0.588. The lowest BCUT2D eigenvalue weighted by Gasteiger charge is -2.21. The number of halogens is 1. The molecule has 0 unspecified atom stereocenters. The van der Waals surface area contributed by atoms with Crippen molar-refractivity contribution in [1.29, 1.82) is 0 Å². The second-order valence-corrected chi connectivity index (χ2v) is 6.37. The van der Waals surface area contributed by atoms with Gasteiger partial charge in [0, 0.05) is 17.6 Å². The first-order valence-electron chi connectivity index (χ1n) is 7.95. The van der Waals surface area contributed by atoms with Crippen molar-refractivity contribution in [3.63, 3.8) is 0 Å². The average molecular weight is 325 g/mol. The van der Waals surface area contributed by atoms with Gasteiger partial charge in [-0.1, -0.05) is 30.9 Å². The fourth-order valence-corrected chi connectivity index (χ4v) is 3.01. The van der Waals surface area contributed by atoms with Crippen LogP contribution in [-0.4, -0.2) is 26.1 Å². The van der Waals surface area contributed by atoms with Crippen LogP contribution in [0.15, 0.2) is 12.1 Å². The summed E-state index contributed by atoms with van der Waals surface area (Å²) in [4.78, 5) is 12.0. The molecule has 0 saturated heterocycles. The van der Waals surface area contributed by atoms with Crippen LogP contribution in [0, 0.1) is 12.8 Å².